The van der Waals surface area contributed by atoms with Gasteiger partial charge in [0.1, 0.15) is 0 Å². The molecule has 17 heavy (non-hydrogen) atoms. The molecule has 0 aliphatic carbocycles. The van der Waals surface area contributed by atoms with Gasteiger partial charge in [-0.1, -0.05) is 27.7 Å². The number of piperazine rings is 1. The smallest absolute Gasteiger partial charge is 0.222 e. The topological polar surface area (TPSA) is 40.6 Å². The van der Waals surface area contributed by atoms with Gasteiger partial charge in [-0.25, -0.2) is 0 Å². The van der Waals surface area contributed by atoms with Gasteiger partial charge in [-0.3, -0.25) is 14.5 Å². The number of hydrogen-bond acceptors (Lipinski definition) is 3. The van der Waals surface area contributed by atoms with Gasteiger partial charge in [0.05, 0.1) is 6.54 Å². The van der Waals surface area contributed by atoms with E-state index in [1.165, 1.54) is 0 Å². The predicted molar refractivity (Wildman–Crippen MR) is 67.8 cm³/mol. The first-order chi connectivity index (χ1) is 7.84. The molecule has 0 aromatic carbocycles. The normalized spacial score (nSPS) is 18.2. The van der Waals surface area contributed by atoms with Crippen molar-refractivity contribution in [2.24, 2.45) is 5.41 Å². The van der Waals surface area contributed by atoms with E-state index in [9.17, 15) is 9.59 Å². The summed E-state index contributed by atoms with van der Waals surface area (Å²) in [4.78, 5) is 27.4. The number of nitrogens with zero attached hydrogens (tertiary/aromatic N) is 2. The fraction of sp³-hybridized carbons (Fsp3) is 0.846. The lowest BCUT2D eigenvalue weighted by atomic mass is 9.90. The molecule has 1 rings (SSSR count). The first-order valence-electron chi connectivity index (χ1n) is 6.38. The molecule has 0 unspecified atom stereocenters. The molecular formula is C13H24N2O2. The van der Waals surface area contributed by atoms with Gasteiger partial charge < -0.3 is 4.90 Å². The number of amides is 1. The fourth-order valence-electron chi connectivity index (χ4n) is 1.82. The Morgan fingerprint density at radius 1 is 1.06 bits per heavy atom. The summed E-state index contributed by atoms with van der Waals surface area (Å²) in [6, 6.07) is 0. The average molecular weight is 240 g/mol. The number of carbonyl (C=O) groups excluding carboxylic acids is 2. The van der Waals surface area contributed by atoms with Gasteiger partial charge in [0.15, 0.2) is 5.78 Å². The van der Waals surface area contributed by atoms with Gasteiger partial charge in [-0.15, -0.1) is 0 Å². The van der Waals surface area contributed by atoms with E-state index in [0.29, 0.717) is 13.0 Å². The Bertz CT molecular complexity index is 286. The molecule has 0 spiro atoms. The Kier molecular flexibility index (Phi) is 4.69. The van der Waals surface area contributed by atoms with Crippen LogP contribution >= 0.6 is 0 Å². The Morgan fingerprint density at radius 3 is 2.00 bits per heavy atom. The SMILES string of the molecule is CCC(=O)N1CCN(CC(=O)C(C)(C)C)CC1. The van der Waals surface area contributed by atoms with Gasteiger partial charge >= 0.3 is 0 Å². The molecule has 0 saturated carbocycles. The molecule has 1 heterocycles. The van der Waals surface area contributed by atoms with Crippen molar-refractivity contribution in [1.82, 2.24) is 9.80 Å². The van der Waals surface area contributed by atoms with Crippen LogP contribution in [0.4, 0.5) is 0 Å². The van der Waals surface area contributed by atoms with E-state index >= 15 is 0 Å². The predicted octanol–water partition coefficient (Wildman–Crippen LogP) is 1.16. The minimum atomic E-state index is -0.267. The molecule has 0 atom stereocenters. The van der Waals surface area contributed by atoms with Crippen LogP contribution in [0.25, 0.3) is 0 Å². The van der Waals surface area contributed by atoms with Gasteiger partial charge in [-0.2, -0.15) is 0 Å². The molecule has 1 saturated heterocycles. The Morgan fingerprint density at radius 2 is 1.59 bits per heavy atom. The molecule has 0 bridgehead atoms. The zero-order valence-electron chi connectivity index (χ0n) is 11.5. The lowest BCUT2D eigenvalue weighted by molar-refractivity contribution is -0.133. The van der Waals surface area contributed by atoms with E-state index in [1.807, 2.05) is 32.6 Å². The second kappa shape index (κ2) is 5.63. The van der Waals surface area contributed by atoms with Crippen LogP contribution < -0.4 is 0 Å². The van der Waals surface area contributed by atoms with Crippen LogP contribution in [-0.4, -0.2) is 54.2 Å². The third-order valence-corrected chi connectivity index (χ3v) is 3.23. The molecule has 4 nitrogen and oxygen atoms in total. The van der Waals surface area contributed by atoms with Crippen molar-refractivity contribution in [3.05, 3.63) is 0 Å². The van der Waals surface area contributed by atoms with Crippen molar-refractivity contribution in [2.45, 2.75) is 34.1 Å². The Hall–Kier alpha value is -0.900. The number of Topliss-reactive ketones (excluding diaryl/α,β-unsaturated/α-hetero) is 1. The highest BCUT2D eigenvalue weighted by atomic mass is 16.2. The van der Waals surface area contributed by atoms with Crippen molar-refractivity contribution in [3.63, 3.8) is 0 Å². The first kappa shape index (κ1) is 14.2. The van der Waals surface area contributed by atoms with Crippen LogP contribution in [0.5, 0.6) is 0 Å². The second-order valence-corrected chi connectivity index (χ2v) is 5.68. The minimum Gasteiger partial charge on any atom is -0.340 e. The van der Waals surface area contributed by atoms with Gasteiger partial charge in [-0.05, 0) is 0 Å². The maximum atomic E-state index is 11.9. The van der Waals surface area contributed by atoms with Crippen molar-refractivity contribution in [3.8, 4) is 0 Å². The van der Waals surface area contributed by atoms with Crippen LogP contribution in [0.2, 0.25) is 0 Å². The summed E-state index contributed by atoms with van der Waals surface area (Å²) in [6.45, 7) is 11.4. The molecule has 0 radical (unpaired) electrons. The largest absolute Gasteiger partial charge is 0.340 e. The maximum Gasteiger partial charge on any atom is 0.222 e. The summed E-state index contributed by atoms with van der Waals surface area (Å²) in [7, 11) is 0. The number of hydrogen-bond donors (Lipinski definition) is 0. The van der Waals surface area contributed by atoms with E-state index in [2.05, 4.69) is 4.90 Å². The zero-order chi connectivity index (χ0) is 13.1. The number of rotatable bonds is 3. The average Bonchev–Trinajstić information content (AvgIpc) is 2.27. The highest BCUT2D eigenvalue weighted by Crippen LogP contribution is 2.15. The van der Waals surface area contributed by atoms with E-state index in [-0.39, 0.29) is 17.1 Å². The third kappa shape index (κ3) is 4.11. The molecule has 1 aliphatic heterocycles. The summed E-state index contributed by atoms with van der Waals surface area (Å²) in [6.07, 6.45) is 0.570. The third-order valence-electron chi connectivity index (χ3n) is 3.23. The summed E-state index contributed by atoms with van der Waals surface area (Å²) in [5.41, 5.74) is -0.267. The van der Waals surface area contributed by atoms with E-state index in [0.717, 1.165) is 26.2 Å². The Balaban J connectivity index is 2.38. The van der Waals surface area contributed by atoms with Crippen LogP contribution in [0, 0.1) is 5.41 Å². The first-order valence-corrected chi connectivity index (χ1v) is 6.38. The van der Waals surface area contributed by atoms with Crippen molar-refractivity contribution in [2.75, 3.05) is 32.7 Å². The molecule has 1 amide bonds. The van der Waals surface area contributed by atoms with Crippen LogP contribution in [0.15, 0.2) is 0 Å². The van der Waals surface area contributed by atoms with E-state index in [1.54, 1.807) is 0 Å². The Labute approximate surface area is 104 Å². The minimum absolute atomic E-state index is 0.215. The zero-order valence-corrected chi connectivity index (χ0v) is 11.5. The monoisotopic (exact) mass is 240 g/mol. The molecule has 1 aliphatic rings. The van der Waals surface area contributed by atoms with Crippen molar-refractivity contribution >= 4 is 11.7 Å². The van der Waals surface area contributed by atoms with Crippen LogP contribution in [0.1, 0.15) is 34.1 Å². The summed E-state index contributed by atoms with van der Waals surface area (Å²) >= 11 is 0. The number of ketones is 1. The quantitative estimate of drug-likeness (QED) is 0.743. The van der Waals surface area contributed by atoms with Gasteiger partial charge in [0.2, 0.25) is 5.91 Å². The van der Waals surface area contributed by atoms with Crippen LogP contribution in [-0.2, 0) is 9.59 Å². The molecule has 4 heteroatoms. The standard InChI is InChI=1S/C13H24N2O2/c1-5-12(17)15-8-6-14(7-9-15)10-11(16)13(2,3)4/h5-10H2,1-4H3. The molecule has 0 N–H and O–H groups in total. The molecule has 98 valence electrons. The molecule has 1 fully saturated rings. The van der Waals surface area contributed by atoms with Crippen molar-refractivity contribution < 1.29 is 9.59 Å². The number of carbonyl (C=O) groups is 2. The van der Waals surface area contributed by atoms with E-state index in [4.69, 9.17) is 0 Å². The molecule has 0 aromatic heterocycles. The fourth-order valence-corrected chi connectivity index (χ4v) is 1.82. The van der Waals surface area contributed by atoms with Crippen LogP contribution in [0.3, 0.4) is 0 Å². The summed E-state index contributed by atoms with van der Waals surface area (Å²) < 4.78 is 0. The maximum absolute atomic E-state index is 11.9. The lowest BCUT2D eigenvalue weighted by Crippen LogP contribution is -2.50. The molecule has 0 aromatic rings. The van der Waals surface area contributed by atoms with Gasteiger partial charge in [0, 0.05) is 38.0 Å². The summed E-state index contributed by atoms with van der Waals surface area (Å²) in [5, 5.41) is 0. The van der Waals surface area contributed by atoms with E-state index < -0.39 is 0 Å². The summed E-state index contributed by atoms with van der Waals surface area (Å²) in [5.74, 6) is 0.486. The second-order valence-electron chi connectivity index (χ2n) is 5.68. The highest BCUT2D eigenvalue weighted by Gasteiger charge is 2.26. The highest BCUT2D eigenvalue weighted by molar-refractivity contribution is 5.85. The molecular weight excluding hydrogens is 216 g/mol. The van der Waals surface area contributed by atoms with Crippen molar-refractivity contribution in [1.29, 1.82) is 0 Å². The van der Waals surface area contributed by atoms with Gasteiger partial charge in [0.25, 0.3) is 0 Å². The lowest BCUT2D eigenvalue weighted by Gasteiger charge is -2.35.